The van der Waals surface area contributed by atoms with Gasteiger partial charge in [0.15, 0.2) is 17.1 Å². The molecule has 0 bridgehead atoms. The second kappa shape index (κ2) is 13.7. The third kappa shape index (κ3) is 5.58. The van der Waals surface area contributed by atoms with Gasteiger partial charge in [-0.25, -0.2) is 4.98 Å². The standard InChI is InChI=1S/C52H33N5O/c58-49-42-21-11-13-23-46(42)56(40-28-24-35(25-29-40)34-14-4-1-5-15-34)48-31-27-39(33-44(48)49)38-26-30-47-43(32-38)41-20-10-12-22-45(41)57(47)52-54-50(36-16-6-2-7-17-36)53-51(55-52)37-18-8-3-9-19-37/h1-33H. The summed E-state index contributed by atoms with van der Waals surface area (Å²) < 4.78 is 4.33. The van der Waals surface area contributed by atoms with Crippen LogP contribution in [0.2, 0.25) is 0 Å². The molecule has 0 spiro atoms. The van der Waals surface area contributed by atoms with Gasteiger partial charge in [-0.1, -0.05) is 146 Å². The Morgan fingerprint density at radius 3 is 1.34 bits per heavy atom. The van der Waals surface area contributed by atoms with E-state index in [2.05, 4.69) is 106 Å². The Hall–Kier alpha value is -7.96. The van der Waals surface area contributed by atoms with E-state index in [1.165, 1.54) is 0 Å². The van der Waals surface area contributed by atoms with Crippen LogP contribution in [0, 0.1) is 0 Å². The monoisotopic (exact) mass is 743 g/mol. The van der Waals surface area contributed by atoms with E-state index in [0.717, 1.165) is 71.9 Å². The molecular weight excluding hydrogens is 711 g/mol. The zero-order chi connectivity index (χ0) is 38.6. The van der Waals surface area contributed by atoms with Gasteiger partial charge in [0.2, 0.25) is 5.95 Å². The third-order valence-electron chi connectivity index (χ3n) is 11.0. The van der Waals surface area contributed by atoms with Crippen LogP contribution in [0.5, 0.6) is 0 Å². The van der Waals surface area contributed by atoms with Gasteiger partial charge in [-0.2, -0.15) is 9.97 Å². The summed E-state index contributed by atoms with van der Waals surface area (Å²) in [5.41, 5.74) is 10.8. The Morgan fingerprint density at radius 2 is 0.741 bits per heavy atom. The largest absolute Gasteiger partial charge is 0.309 e. The summed E-state index contributed by atoms with van der Waals surface area (Å²) in [5.74, 6) is 1.75. The van der Waals surface area contributed by atoms with Crippen LogP contribution in [0.15, 0.2) is 205 Å². The molecule has 0 aliphatic carbocycles. The van der Waals surface area contributed by atoms with Crippen molar-refractivity contribution in [3.05, 3.63) is 210 Å². The molecular formula is C52H33N5O. The summed E-state index contributed by atoms with van der Waals surface area (Å²) in [7, 11) is 0. The van der Waals surface area contributed by atoms with Crippen LogP contribution in [0.25, 0.3) is 100 Å². The first-order chi connectivity index (χ1) is 28.7. The van der Waals surface area contributed by atoms with Gasteiger partial charge in [0.1, 0.15) is 0 Å². The molecule has 0 aliphatic heterocycles. The fourth-order valence-corrected chi connectivity index (χ4v) is 8.21. The van der Waals surface area contributed by atoms with Crippen molar-refractivity contribution in [3.63, 3.8) is 0 Å². The van der Waals surface area contributed by atoms with Crippen molar-refractivity contribution >= 4 is 43.6 Å². The van der Waals surface area contributed by atoms with E-state index >= 15 is 0 Å². The van der Waals surface area contributed by atoms with Gasteiger partial charge in [-0.05, 0) is 76.9 Å². The minimum Gasteiger partial charge on any atom is -0.309 e. The predicted molar refractivity (Wildman–Crippen MR) is 237 cm³/mol. The van der Waals surface area contributed by atoms with E-state index in [4.69, 9.17) is 15.0 Å². The molecule has 11 aromatic rings. The van der Waals surface area contributed by atoms with E-state index in [9.17, 15) is 4.79 Å². The fourth-order valence-electron chi connectivity index (χ4n) is 8.21. The van der Waals surface area contributed by atoms with Crippen molar-refractivity contribution in [3.8, 4) is 56.7 Å². The fraction of sp³-hybridized carbons (Fsp3) is 0. The van der Waals surface area contributed by atoms with Gasteiger partial charge in [0, 0.05) is 38.4 Å². The Labute approximate surface area is 333 Å². The second-order valence-electron chi connectivity index (χ2n) is 14.4. The zero-order valence-electron chi connectivity index (χ0n) is 31.2. The number of hydrogen-bond donors (Lipinski definition) is 0. The molecule has 0 radical (unpaired) electrons. The highest BCUT2D eigenvalue weighted by atomic mass is 16.1. The number of benzene rings is 8. The minimum absolute atomic E-state index is 0.0144. The summed E-state index contributed by atoms with van der Waals surface area (Å²) >= 11 is 0. The van der Waals surface area contributed by atoms with E-state index in [1.807, 2.05) is 103 Å². The highest BCUT2D eigenvalue weighted by molar-refractivity contribution is 6.10. The van der Waals surface area contributed by atoms with Crippen LogP contribution in [-0.4, -0.2) is 24.1 Å². The predicted octanol–water partition coefficient (Wildman–Crippen LogP) is 12.1. The Morgan fingerprint density at radius 1 is 0.310 bits per heavy atom. The molecule has 0 fully saturated rings. The highest BCUT2D eigenvalue weighted by Gasteiger charge is 2.19. The SMILES string of the molecule is O=c1c2ccccc2n(-c2ccc(-c3ccccc3)cc2)c2ccc(-c3ccc4c(c3)c3ccccc3n4-c3nc(-c4ccccc4)nc(-c4ccccc4)n3)cc12. The number of hydrogen-bond acceptors (Lipinski definition) is 4. The number of pyridine rings is 1. The number of fused-ring (bicyclic) bond motifs is 5. The molecule has 8 aromatic carbocycles. The Kier molecular flexibility index (Phi) is 7.86. The maximum absolute atomic E-state index is 14.3. The van der Waals surface area contributed by atoms with Crippen molar-refractivity contribution in [2.45, 2.75) is 0 Å². The van der Waals surface area contributed by atoms with E-state index in [-0.39, 0.29) is 5.43 Å². The molecule has 6 nitrogen and oxygen atoms in total. The summed E-state index contributed by atoms with van der Waals surface area (Å²) in [6.07, 6.45) is 0. The van der Waals surface area contributed by atoms with Gasteiger partial charge in [0.25, 0.3) is 0 Å². The number of rotatable bonds is 6. The lowest BCUT2D eigenvalue weighted by Gasteiger charge is -2.17. The van der Waals surface area contributed by atoms with Gasteiger partial charge in [-0.15, -0.1) is 0 Å². The van der Waals surface area contributed by atoms with Gasteiger partial charge in [0.05, 0.1) is 22.1 Å². The highest BCUT2D eigenvalue weighted by Crippen LogP contribution is 2.36. The van der Waals surface area contributed by atoms with E-state index < -0.39 is 0 Å². The van der Waals surface area contributed by atoms with Gasteiger partial charge in [-0.3, -0.25) is 9.36 Å². The molecule has 0 unspecified atom stereocenters. The van der Waals surface area contributed by atoms with Crippen molar-refractivity contribution < 1.29 is 0 Å². The molecule has 58 heavy (non-hydrogen) atoms. The molecule has 0 aliphatic rings. The average Bonchev–Trinajstić information content (AvgIpc) is 3.64. The lowest BCUT2D eigenvalue weighted by atomic mass is 9.99. The molecule has 11 rings (SSSR count). The topological polar surface area (TPSA) is 65.6 Å². The first-order valence-corrected chi connectivity index (χ1v) is 19.3. The molecule has 0 saturated carbocycles. The molecule has 272 valence electrons. The summed E-state index contributed by atoms with van der Waals surface area (Å²) in [5, 5.41) is 3.48. The van der Waals surface area contributed by atoms with Crippen molar-refractivity contribution in [1.82, 2.24) is 24.1 Å². The van der Waals surface area contributed by atoms with Crippen LogP contribution >= 0.6 is 0 Å². The first kappa shape index (κ1) is 33.4. The van der Waals surface area contributed by atoms with Crippen LogP contribution in [-0.2, 0) is 0 Å². The lowest BCUT2D eigenvalue weighted by molar-refractivity contribution is 0.953. The van der Waals surface area contributed by atoms with Crippen LogP contribution < -0.4 is 5.43 Å². The van der Waals surface area contributed by atoms with Crippen molar-refractivity contribution in [2.75, 3.05) is 0 Å². The Bertz CT molecular complexity index is 3330. The van der Waals surface area contributed by atoms with Crippen molar-refractivity contribution in [2.24, 2.45) is 0 Å². The maximum Gasteiger partial charge on any atom is 0.238 e. The quantitative estimate of drug-likeness (QED) is 0.159. The average molecular weight is 744 g/mol. The van der Waals surface area contributed by atoms with E-state index in [0.29, 0.717) is 28.4 Å². The Balaban J connectivity index is 1.07. The third-order valence-corrected chi connectivity index (χ3v) is 11.0. The second-order valence-corrected chi connectivity index (χ2v) is 14.4. The lowest BCUT2D eigenvalue weighted by Crippen LogP contribution is -2.10. The van der Waals surface area contributed by atoms with Crippen LogP contribution in [0.4, 0.5) is 0 Å². The van der Waals surface area contributed by atoms with E-state index in [1.54, 1.807) is 0 Å². The molecule has 0 amide bonds. The van der Waals surface area contributed by atoms with Crippen LogP contribution in [0.1, 0.15) is 0 Å². The summed E-state index contributed by atoms with van der Waals surface area (Å²) in [6.45, 7) is 0. The summed E-state index contributed by atoms with van der Waals surface area (Å²) in [6, 6.07) is 67.9. The molecule has 3 heterocycles. The minimum atomic E-state index is 0.0144. The zero-order valence-corrected chi connectivity index (χ0v) is 31.2. The van der Waals surface area contributed by atoms with Gasteiger partial charge >= 0.3 is 0 Å². The summed E-state index contributed by atoms with van der Waals surface area (Å²) in [4.78, 5) is 29.3. The van der Waals surface area contributed by atoms with Gasteiger partial charge < -0.3 is 4.57 Å². The molecule has 0 atom stereocenters. The normalized spacial score (nSPS) is 11.5. The maximum atomic E-state index is 14.3. The molecule has 6 heteroatoms. The molecule has 3 aromatic heterocycles. The first-order valence-electron chi connectivity index (χ1n) is 19.3. The molecule has 0 N–H and O–H groups in total. The van der Waals surface area contributed by atoms with Crippen molar-refractivity contribution in [1.29, 1.82) is 0 Å². The number of nitrogens with zero attached hydrogens (tertiary/aromatic N) is 5. The number of para-hydroxylation sites is 2. The number of aromatic nitrogens is 5. The molecule has 0 saturated heterocycles. The van der Waals surface area contributed by atoms with Crippen LogP contribution in [0.3, 0.4) is 0 Å². The smallest absolute Gasteiger partial charge is 0.238 e.